The van der Waals surface area contributed by atoms with Crippen LogP contribution >= 0.6 is 0 Å². The van der Waals surface area contributed by atoms with Gasteiger partial charge in [0.05, 0.1) is 23.7 Å². The summed E-state index contributed by atoms with van der Waals surface area (Å²) in [5.74, 6) is 2.19. The molecule has 0 saturated heterocycles. The number of nitrogens with zero attached hydrogens (tertiary/aromatic N) is 3. The lowest BCUT2D eigenvalue weighted by Gasteiger charge is -2.18. The first-order chi connectivity index (χ1) is 23.4. The molecular formula is C42H37N3O3. The van der Waals surface area contributed by atoms with E-state index >= 15 is 0 Å². The van der Waals surface area contributed by atoms with Crippen molar-refractivity contribution in [2.24, 2.45) is 5.10 Å². The number of hydrogen-bond donors (Lipinski definition) is 0. The molecule has 48 heavy (non-hydrogen) atoms. The number of aromatic nitrogens is 2. The van der Waals surface area contributed by atoms with Gasteiger partial charge in [-0.05, 0) is 88.3 Å². The highest BCUT2D eigenvalue weighted by Gasteiger charge is 2.19. The Morgan fingerprint density at radius 1 is 0.771 bits per heavy atom. The summed E-state index contributed by atoms with van der Waals surface area (Å²) in [4.78, 5) is 19.2. The van der Waals surface area contributed by atoms with Crippen molar-refractivity contribution in [1.82, 2.24) is 9.66 Å². The monoisotopic (exact) mass is 631 g/mol. The second-order valence-corrected chi connectivity index (χ2v) is 12.2. The molecule has 0 amide bonds. The summed E-state index contributed by atoms with van der Waals surface area (Å²) >= 11 is 0. The minimum absolute atomic E-state index is 0.201. The molecule has 0 aliphatic rings. The molecule has 0 unspecified atom stereocenters. The molecule has 0 fully saturated rings. The van der Waals surface area contributed by atoms with Gasteiger partial charge in [0, 0.05) is 11.1 Å². The van der Waals surface area contributed by atoms with Crippen LogP contribution in [0.3, 0.4) is 0 Å². The molecule has 6 nitrogen and oxygen atoms in total. The number of rotatable bonds is 9. The maximum Gasteiger partial charge on any atom is 0.282 e. The fourth-order valence-corrected chi connectivity index (χ4v) is 6.30. The molecule has 6 heteroatoms. The highest BCUT2D eigenvalue weighted by molar-refractivity contribution is 6.02. The lowest BCUT2D eigenvalue weighted by atomic mass is 9.96. The summed E-state index contributed by atoms with van der Waals surface area (Å²) in [6.07, 6.45) is 1.73. The summed E-state index contributed by atoms with van der Waals surface area (Å²) < 4.78 is 14.0. The van der Waals surface area contributed by atoms with Crippen LogP contribution in [-0.4, -0.2) is 22.5 Å². The van der Waals surface area contributed by atoms with E-state index in [2.05, 4.69) is 68.4 Å². The first kappa shape index (κ1) is 30.9. The third-order valence-electron chi connectivity index (χ3n) is 8.77. The zero-order valence-electron chi connectivity index (χ0n) is 27.6. The topological polar surface area (TPSA) is 65.7 Å². The Kier molecular flexibility index (Phi) is 8.47. The van der Waals surface area contributed by atoms with Crippen LogP contribution in [0.1, 0.15) is 48.9 Å². The van der Waals surface area contributed by atoms with Crippen LogP contribution in [0.4, 0.5) is 0 Å². The third-order valence-corrected chi connectivity index (χ3v) is 8.77. The van der Waals surface area contributed by atoms with Gasteiger partial charge in [0.15, 0.2) is 5.82 Å². The number of ether oxygens (including phenoxy) is 2. The molecule has 1 aromatic heterocycles. The van der Waals surface area contributed by atoms with Crippen molar-refractivity contribution in [2.45, 2.75) is 40.2 Å². The van der Waals surface area contributed by atoms with Crippen LogP contribution in [0.15, 0.2) is 125 Å². The molecule has 0 saturated carbocycles. The van der Waals surface area contributed by atoms with Gasteiger partial charge in [-0.1, -0.05) is 98.8 Å². The van der Waals surface area contributed by atoms with Crippen molar-refractivity contribution in [2.75, 3.05) is 6.61 Å². The Hall–Kier alpha value is -5.75. The number of aryl methyl sites for hydroxylation is 1. The first-order valence-corrected chi connectivity index (χ1v) is 16.4. The maximum absolute atomic E-state index is 14.2. The Labute approximate surface area is 279 Å². The average Bonchev–Trinajstić information content (AvgIpc) is 3.10. The van der Waals surface area contributed by atoms with Gasteiger partial charge in [0.2, 0.25) is 0 Å². The van der Waals surface area contributed by atoms with Crippen LogP contribution in [0.2, 0.25) is 0 Å². The molecule has 0 bridgehead atoms. The second-order valence-electron chi connectivity index (χ2n) is 12.2. The minimum atomic E-state index is -0.246. The van der Waals surface area contributed by atoms with E-state index < -0.39 is 0 Å². The molecule has 0 radical (unpaired) electrons. The van der Waals surface area contributed by atoms with E-state index in [4.69, 9.17) is 19.6 Å². The van der Waals surface area contributed by atoms with E-state index in [-0.39, 0.29) is 11.5 Å². The Bertz CT molecular complexity index is 2380. The lowest BCUT2D eigenvalue weighted by molar-refractivity contribution is 0.307. The zero-order chi connectivity index (χ0) is 33.2. The first-order valence-electron chi connectivity index (χ1n) is 16.4. The fourth-order valence-electron chi connectivity index (χ4n) is 6.30. The van der Waals surface area contributed by atoms with Crippen molar-refractivity contribution in [3.05, 3.63) is 148 Å². The predicted molar refractivity (Wildman–Crippen MR) is 197 cm³/mol. The van der Waals surface area contributed by atoms with Gasteiger partial charge in [-0.3, -0.25) is 4.79 Å². The smallest absolute Gasteiger partial charge is 0.282 e. The van der Waals surface area contributed by atoms with Crippen LogP contribution in [-0.2, 0) is 6.61 Å². The molecule has 0 spiro atoms. The van der Waals surface area contributed by atoms with Gasteiger partial charge in [-0.15, -0.1) is 0 Å². The predicted octanol–water partition coefficient (Wildman–Crippen LogP) is 9.66. The number of benzene rings is 6. The standard InChI is InChI=1S/C42H37N3O3/c1-5-47-40-23-28(4)36(24-35(40)27(2)3)41-44-38-20-11-10-19-34(38)42(46)45(41)43-25-37-33-18-9-7-14-30(33)21-22-39(37)48-26-31-16-12-15-29-13-6-8-17-32(29)31/h6-25,27H,5,26H2,1-4H3. The van der Waals surface area contributed by atoms with Crippen molar-refractivity contribution < 1.29 is 9.47 Å². The zero-order valence-corrected chi connectivity index (χ0v) is 27.6. The lowest BCUT2D eigenvalue weighted by Crippen LogP contribution is -2.21. The highest BCUT2D eigenvalue weighted by Crippen LogP contribution is 2.35. The summed E-state index contributed by atoms with van der Waals surface area (Å²) in [6.45, 7) is 9.22. The van der Waals surface area contributed by atoms with E-state index in [9.17, 15) is 4.79 Å². The Morgan fingerprint density at radius 3 is 2.23 bits per heavy atom. The van der Waals surface area contributed by atoms with Crippen molar-refractivity contribution >= 4 is 38.7 Å². The molecule has 7 rings (SSSR count). The van der Waals surface area contributed by atoms with Gasteiger partial charge >= 0.3 is 0 Å². The molecule has 6 aromatic carbocycles. The normalized spacial score (nSPS) is 11.7. The van der Waals surface area contributed by atoms with Crippen LogP contribution < -0.4 is 15.0 Å². The van der Waals surface area contributed by atoms with Gasteiger partial charge in [0.1, 0.15) is 18.1 Å². The van der Waals surface area contributed by atoms with E-state index in [1.54, 1.807) is 12.3 Å². The third kappa shape index (κ3) is 5.82. The Morgan fingerprint density at radius 2 is 1.46 bits per heavy atom. The molecule has 1 heterocycles. The van der Waals surface area contributed by atoms with Gasteiger partial charge in [0.25, 0.3) is 5.56 Å². The number of hydrogen-bond acceptors (Lipinski definition) is 5. The van der Waals surface area contributed by atoms with E-state index in [1.165, 1.54) is 10.1 Å². The number of para-hydroxylation sites is 1. The second kappa shape index (κ2) is 13.2. The quantitative estimate of drug-likeness (QED) is 0.149. The summed E-state index contributed by atoms with van der Waals surface area (Å²) in [6, 6.07) is 38.2. The van der Waals surface area contributed by atoms with E-state index in [0.717, 1.165) is 49.7 Å². The van der Waals surface area contributed by atoms with Gasteiger partial charge < -0.3 is 9.47 Å². The summed E-state index contributed by atoms with van der Waals surface area (Å²) in [5, 5.41) is 9.73. The molecule has 0 aliphatic heterocycles. The van der Waals surface area contributed by atoms with E-state index in [1.807, 2.05) is 68.4 Å². The van der Waals surface area contributed by atoms with Crippen LogP contribution in [0.25, 0.3) is 43.8 Å². The SMILES string of the molecule is CCOc1cc(C)c(-c2nc3ccccc3c(=O)n2N=Cc2c(OCc3cccc4ccccc34)ccc3ccccc23)cc1C(C)C. The molecule has 238 valence electrons. The van der Waals surface area contributed by atoms with E-state index in [0.29, 0.717) is 35.7 Å². The Balaban J connectivity index is 1.38. The van der Waals surface area contributed by atoms with Crippen molar-refractivity contribution in [3.8, 4) is 22.9 Å². The molecular weight excluding hydrogens is 594 g/mol. The highest BCUT2D eigenvalue weighted by atomic mass is 16.5. The summed E-state index contributed by atoms with van der Waals surface area (Å²) in [7, 11) is 0. The van der Waals surface area contributed by atoms with Crippen molar-refractivity contribution in [3.63, 3.8) is 0 Å². The van der Waals surface area contributed by atoms with Crippen LogP contribution in [0.5, 0.6) is 11.5 Å². The molecule has 0 aliphatic carbocycles. The average molecular weight is 632 g/mol. The minimum Gasteiger partial charge on any atom is -0.494 e. The maximum atomic E-state index is 14.2. The fraction of sp³-hybridized carbons (Fsp3) is 0.167. The summed E-state index contributed by atoms with van der Waals surface area (Å²) in [5.41, 5.74) is 5.07. The van der Waals surface area contributed by atoms with Gasteiger partial charge in [-0.2, -0.15) is 9.78 Å². The van der Waals surface area contributed by atoms with Crippen molar-refractivity contribution in [1.29, 1.82) is 0 Å². The number of fused-ring (bicyclic) bond motifs is 3. The molecule has 0 N–H and O–H groups in total. The largest absolute Gasteiger partial charge is 0.494 e. The molecule has 7 aromatic rings. The molecule has 0 atom stereocenters. The van der Waals surface area contributed by atoms with Gasteiger partial charge in [-0.25, -0.2) is 4.98 Å². The van der Waals surface area contributed by atoms with Crippen LogP contribution in [0, 0.1) is 6.92 Å².